The van der Waals surface area contributed by atoms with Crippen LogP contribution in [0, 0.1) is 0 Å². The minimum atomic E-state index is 1.21. The zero-order valence-electron chi connectivity index (χ0n) is 4.36. The summed E-state index contributed by atoms with van der Waals surface area (Å²) in [7, 11) is 0. The fourth-order valence-corrected chi connectivity index (χ4v) is 1.47. The summed E-state index contributed by atoms with van der Waals surface area (Å²) in [5.41, 5.74) is 1.44. The van der Waals surface area contributed by atoms with Gasteiger partial charge < -0.3 is 0 Å². The molecule has 0 aliphatic heterocycles. The fourth-order valence-electron chi connectivity index (χ4n) is 0.664. The third-order valence-corrected chi connectivity index (χ3v) is 1.90. The van der Waals surface area contributed by atoms with Crippen LogP contribution in [0.1, 0.15) is 13.3 Å². The first kappa shape index (κ1) is 5.50. The van der Waals surface area contributed by atoms with E-state index in [0.717, 1.165) is 0 Å². The molecule has 1 rings (SSSR count). The van der Waals surface area contributed by atoms with Crippen molar-refractivity contribution in [1.82, 2.24) is 0 Å². The molecule has 0 N–H and O–H groups in total. The molecule has 35 valence electrons. The van der Waals surface area contributed by atoms with Crippen LogP contribution in [-0.2, 0) is 24.7 Å². The molecule has 0 aromatic rings. The Morgan fingerprint density at radius 2 is 2.43 bits per heavy atom. The van der Waals surface area contributed by atoms with Crippen LogP contribution in [0.4, 0.5) is 0 Å². The first-order valence-corrected chi connectivity index (χ1v) is 3.61. The van der Waals surface area contributed by atoms with Crippen molar-refractivity contribution in [2.24, 2.45) is 0 Å². The van der Waals surface area contributed by atoms with E-state index in [0.29, 0.717) is 0 Å². The van der Waals surface area contributed by atoms with Gasteiger partial charge in [-0.05, 0) is 0 Å². The summed E-state index contributed by atoms with van der Waals surface area (Å²) in [6.45, 7) is 2.15. The first-order chi connectivity index (χ1) is 3.29. The van der Waals surface area contributed by atoms with Gasteiger partial charge in [0.25, 0.3) is 0 Å². The van der Waals surface area contributed by atoms with Crippen molar-refractivity contribution in [2.45, 2.75) is 13.3 Å². The topological polar surface area (TPSA) is 0 Å². The van der Waals surface area contributed by atoms with Crippen molar-refractivity contribution < 1.29 is 24.7 Å². The molecule has 7 heavy (non-hydrogen) atoms. The number of allylic oxidation sites excluding steroid dienone is 4. The molecule has 0 saturated carbocycles. The molecular formula is C6H7Zr. The molecule has 0 spiro atoms. The van der Waals surface area contributed by atoms with E-state index in [9.17, 15) is 0 Å². The Bertz CT molecular complexity index is 131. The van der Waals surface area contributed by atoms with Gasteiger partial charge in [0.2, 0.25) is 0 Å². The van der Waals surface area contributed by atoms with Crippen LogP contribution in [0.15, 0.2) is 21.0 Å². The van der Waals surface area contributed by atoms with Gasteiger partial charge in [-0.2, -0.15) is 0 Å². The van der Waals surface area contributed by atoms with E-state index >= 15 is 0 Å². The normalized spacial score (nSPS) is 18.9. The van der Waals surface area contributed by atoms with Crippen LogP contribution in [0.25, 0.3) is 0 Å². The monoisotopic (exact) mass is 169 g/mol. The van der Waals surface area contributed by atoms with Crippen LogP contribution in [0.5, 0.6) is 0 Å². The molecule has 1 aliphatic carbocycles. The molecule has 0 unspecified atom stereocenters. The van der Waals surface area contributed by atoms with Gasteiger partial charge in [-0.15, -0.1) is 0 Å². The first-order valence-electron chi connectivity index (χ1n) is 2.38. The van der Waals surface area contributed by atoms with Gasteiger partial charge in [0.05, 0.1) is 0 Å². The minimum absolute atomic E-state index is 1.21. The van der Waals surface area contributed by atoms with Gasteiger partial charge in [0, 0.05) is 0 Å². The molecule has 1 aliphatic rings. The van der Waals surface area contributed by atoms with Gasteiger partial charge in [0.15, 0.2) is 0 Å². The quantitative estimate of drug-likeness (QED) is 0.520. The molecule has 0 amide bonds. The zero-order chi connectivity index (χ0) is 5.28. The summed E-state index contributed by atoms with van der Waals surface area (Å²) in [5, 5.41) is 0. The Morgan fingerprint density at radius 3 is 2.57 bits per heavy atom. The molecule has 0 aromatic heterocycles. The van der Waals surface area contributed by atoms with Gasteiger partial charge >= 0.3 is 59.1 Å². The Balaban J connectivity index is 2.69. The predicted octanol–water partition coefficient (Wildman–Crippen LogP) is 1.77. The Morgan fingerprint density at radius 1 is 1.71 bits per heavy atom. The van der Waals surface area contributed by atoms with Crippen LogP contribution in [0.2, 0.25) is 0 Å². The van der Waals surface area contributed by atoms with Crippen LogP contribution >= 0.6 is 0 Å². The molecular weight excluding hydrogens is 163 g/mol. The Labute approximate surface area is 59.1 Å². The molecule has 1 heteroatoms. The van der Waals surface area contributed by atoms with Gasteiger partial charge in [-0.1, -0.05) is 0 Å². The summed E-state index contributed by atoms with van der Waals surface area (Å²) < 4.78 is 1.57. The third-order valence-electron chi connectivity index (χ3n) is 1.05. The van der Waals surface area contributed by atoms with E-state index in [-0.39, 0.29) is 0 Å². The maximum absolute atomic E-state index is 2.27. The molecule has 0 atom stereocenters. The van der Waals surface area contributed by atoms with E-state index in [4.69, 9.17) is 0 Å². The maximum atomic E-state index is 2.27. The van der Waals surface area contributed by atoms with Crippen molar-refractivity contribution in [3.05, 3.63) is 21.0 Å². The molecule has 0 radical (unpaired) electrons. The number of hydrogen-bond donors (Lipinski definition) is 0. The van der Waals surface area contributed by atoms with Crippen molar-refractivity contribution in [3.8, 4) is 0 Å². The van der Waals surface area contributed by atoms with E-state index in [1.807, 2.05) is 0 Å². The van der Waals surface area contributed by atoms with E-state index in [1.165, 1.54) is 12.0 Å². The van der Waals surface area contributed by atoms with Crippen LogP contribution in [0.3, 0.4) is 0 Å². The van der Waals surface area contributed by atoms with Crippen molar-refractivity contribution >= 4 is 0 Å². The second kappa shape index (κ2) is 2.09. The molecule has 0 fully saturated rings. The molecule has 0 bridgehead atoms. The summed E-state index contributed by atoms with van der Waals surface area (Å²) in [5.74, 6) is 0. The fraction of sp³-hybridized carbons (Fsp3) is 0.333. The van der Waals surface area contributed by atoms with Crippen LogP contribution < -0.4 is 0 Å². The molecule has 0 nitrogen and oxygen atoms in total. The van der Waals surface area contributed by atoms with Crippen LogP contribution in [-0.4, -0.2) is 0 Å². The van der Waals surface area contributed by atoms with E-state index < -0.39 is 0 Å². The average molecular weight is 170 g/mol. The van der Waals surface area contributed by atoms with Crippen molar-refractivity contribution in [3.63, 3.8) is 0 Å². The second-order valence-corrected chi connectivity index (χ2v) is 3.40. The third kappa shape index (κ3) is 1.38. The predicted molar refractivity (Wildman–Crippen MR) is 26.5 cm³/mol. The summed E-state index contributed by atoms with van der Waals surface area (Å²) in [6, 6.07) is 0. The number of rotatable bonds is 0. The Kier molecular flexibility index (Phi) is 1.64. The van der Waals surface area contributed by atoms with E-state index in [2.05, 4.69) is 19.1 Å². The number of hydrogen-bond acceptors (Lipinski definition) is 0. The van der Waals surface area contributed by atoms with Crippen molar-refractivity contribution in [1.29, 1.82) is 0 Å². The summed E-state index contributed by atoms with van der Waals surface area (Å²) in [4.78, 5) is 0. The van der Waals surface area contributed by atoms with Gasteiger partial charge in [0.1, 0.15) is 0 Å². The standard InChI is InChI=1S/C6H7.Zr/c1-6-4-2-3-5-6;/h4-5H,2H2,1H3;. The molecule has 0 aromatic carbocycles. The zero-order valence-corrected chi connectivity index (χ0v) is 6.82. The second-order valence-electron chi connectivity index (χ2n) is 1.82. The van der Waals surface area contributed by atoms with Gasteiger partial charge in [-0.3, -0.25) is 0 Å². The average Bonchev–Trinajstić information content (AvgIpc) is 1.87. The Hall–Kier alpha value is 0.363. The summed E-state index contributed by atoms with van der Waals surface area (Å²) >= 11 is 1.57. The van der Waals surface area contributed by atoms with Gasteiger partial charge in [-0.25, -0.2) is 0 Å². The SMILES string of the molecule is CC1=CC[C]([Zr])=C1. The molecule has 0 heterocycles. The van der Waals surface area contributed by atoms with Crippen molar-refractivity contribution in [2.75, 3.05) is 0 Å². The van der Waals surface area contributed by atoms with E-state index in [1.54, 1.807) is 28.0 Å². The molecule has 0 saturated heterocycles. The summed E-state index contributed by atoms with van der Waals surface area (Å²) in [6.07, 6.45) is 5.74.